The number of benzene rings is 2. The molecule has 1 atom stereocenters. The van der Waals surface area contributed by atoms with E-state index >= 15 is 0 Å². The second kappa shape index (κ2) is 10.2. The van der Waals surface area contributed by atoms with Gasteiger partial charge in [-0.3, -0.25) is 0 Å². The molecule has 2 aromatic rings. The zero-order valence-electron chi connectivity index (χ0n) is 17.3. The van der Waals surface area contributed by atoms with E-state index in [2.05, 4.69) is 10.7 Å². The molecule has 0 fully saturated rings. The molecule has 4 nitrogen and oxygen atoms in total. The Bertz CT molecular complexity index is 1090. The average Bonchev–Trinajstić information content (AvgIpc) is 2.68. The fourth-order valence-electron chi connectivity index (χ4n) is 2.79. The number of unbranched alkanes of at least 4 members (excludes halogenated alkanes) is 1. The zero-order chi connectivity index (χ0) is 21.7. The van der Waals surface area contributed by atoms with Crippen molar-refractivity contribution >= 4 is 42.3 Å². The van der Waals surface area contributed by atoms with E-state index in [0.717, 1.165) is 36.0 Å². The molecule has 7 heteroatoms. The average molecular weight is 546 g/mol. The molecule has 0 saturated heterocycles. The largest absolute Gasteiger partial charge is 0.290 e. The first-order valence-corrected chi connectivity index (χ1v) is 13.7. The summed E-state index contributed by atoms with van der Waals surface area (Å²) in [6.45, 7) is 7.93. The number of aryl methyl sites for hydroxylation is 2. The third-order valence-corrected chi connectivity index (χ3v) is 11.4. The van der Waals surface area contributed by atoms with Crippen LogP contribution in [-0.4, -0.2) is 12.6 Å². The maximum absolute atomic E-state index is 14.2. The smallest absolute Gasteiger partial charge is 0.238 e. The summed E-state index contributed by atoms with van der Waals surface area (Å²) in [4.78, 5) is 0.476. The lowest BCUT2D eigenvalue weighted by Gasteiger charge is -2.15. The van der Waals surface area contributed by atoms with Crippen molar-refractivity contribution < 1.29 is 12.6 Å². The van der Waals surface area contributed by atoms with Gasteiger partial charge in [0.05, 0.1) is 12.7 Å². The van der Waals surface area contributed by atoms with Gasteiger partial charge in [-0.15, -0.1) is 0 Å². The molecule has 0 spiro atoms. The van der Waals surface area contributed by atoms with E-state index in [0.29, 0.717) is 14.2 Å². The highest BCUT2D eigenvalue weighted by Crippen LogP contribution is 2.35. The van der Waals surface area contributed by atoms with E-state index in [4.69, 9.17) is 0 Å². The summed E-state index contributed by atoms with van der Waals surface area (Å²) in [5, 5.41) is 0. The summed E-state index contributed by atoms with van der Waals surface area (Å²) in [6, 6.07) is 13.6. The molecule has 0 bridgehead atoms. The van der Waals surface area contributed by atoms with Crippen LogP contribution in [0.25, 0.3) is 0 Å². The Morgan fingerprint density at radius 2 is 1.34 bits per heavy atom. The summed E-state index contributed by atoms with van der Waals surface area (Å²) in [7, 11) is -7.41. The molecule has 1 unspecified atom stereocenters. The van der Waals surface area contributed by atoms with Crippen LogP contribution in [-0.2, 0) is 19.8 Å². The molecule has 0 aliphatic carbocycles. The Hall–Kier alpha value is -1.19. The number of halogens is 1. The number of hydrogen-bond acceptors (Lipinski definition) is 3. The van der Waals surface area contributed by atoms with Crippen LogP contribution in [0.3, 0.4) is 0 Å². The maximum Gasteiger partial charge on any atom is 0.290 e. The first-order valence-electron chi connectivity index (χ1n) is 9.68. The molecule has 0 heterocycles. The normalized spacial score (nSPS) is 14.8. The van der Waals surface area contributed by atoms with Crippen LogP contribution >= 0.6 is 22.6 Å². The molecule has 2 aromatic carbocycles. The number of sulfonamides is 1. The predicted molar refractivity (Wildman–Crippen MR) is 129 cm³/mol. The Labute approximate surface area is 189 Å². The van der Waals surface area contributed by atoms with Crippen LogP contribution in [0.15, 0.2) is 70.6 Å². The van der Waals surface area contributed by atoms with Crippen molar-refractivity contribution in [1.29, 1.82) is 0 Å². The molecular formula is C22H28INO3S2. The van der Waals surface area contributed by atoms with Crippen LogP contribution in [0.1, 0.15) is 50.7 Å². The number of rotatable bonds is 8. The van der Waals surface area contributed by atoms with Crippen LogP contribution in [0.2, 0.25) is 0 Å². The van der Waals surface area contributed by atoms with Gasteiger partial charge >= 0.3 is 0 Å². The summed E-state index contributed by atoms with van der Waals surface area (Å²) in [6.07, 6.45) is 3.47. The molecule has 2 rings (SSSR count). The van der Waals surface area contributed by atoms with E-state index in [-0.39, 0.29) is 4.90 Å². The molecule has 0 amide bonds. The summed E-state index contributed by atoms with van der Waals surface area (Å²) < 4.78 is 44.9. The van der Waals surface area contributed by atoms with Gasteiger partial charge in [-0.1, -0.05) is 59.4 Å². The fourth-order valence-corrected chi connectivity index (χ4v) is 8.82. The van der Waals surface area contributed by atoms with Crippen molar-refractivity contribution in [2.75, 3.05) is 0 Å². The van der Waals surface area contributed by atoms with Gasteiger partial charge in [-0.2, -0.15) is 8.42 Å². The van der Waals surface area contributed by atoms with Gasteiger partial charge in [0.1, 0.15) is 9.73 Å². The van der Waals surface area contributed by atoms with Gasteiger partial charge in [-0.25, -0.2) is 4.21 Å². The van der Waals surface area contributed by atoms with E-state index in [1.807, 2.05) is 55.5 Å². The zero-order valence-corrected chi connectivity index (χ0v) is 21.1. The number of hydrogen-bond donors (Lipinski definition) is 0. The van der Waals surface area contributed by atoms with Crippen molar-refractivity contribution in [2.24, 2.45) is 3.77 Å². The van der Waals surface area contributed by atoms with E-state index < -0.39 is 19.8 Å². The third-order valence-electron chi connectivity index (χ3n) is 4.64. The quantitative estimate of drug-likeness (QED) is 0.344. The highest BCUT2D eigenvalue weighted by atomic mass is 127. The number of nitrogens with zero attached hydrogens (tertiary/aromatic N) is 1. The molecule has 0 aliphatic rings. The van der Waals surface area contributed by atoms with Crippen LogP contribution in [0.4, 0.5) is 0 Å². The second-order valence-corrected chi connectivity index (χ2v) is 12.8. The van der Waals surface area contributed by atoms with Gasteiger partial charge < -0.3 is 0 Å². The highest BCUT2D eigenvalue weighted by molar-refractivity contribution is 14.1. The molecule has 0 aliphatic heterocycles. The van der Waals surface area contributed by atoms with Crippen molar-refractivity contribution in [3.05, 3.63) is 68.1 Å². The lowest BCUT2D eigenvalue weighted by Crippen LogP contribution is -2.08. The Kier molecular flexibility index (Phi) is 8.48. The topological polar surface area (TPSA) is 63.6 Å². The van der Waals surface area contributed by atoms with E-state index in [1.165, 1.54) is 12.1 Å². The standard InChI is InChI=1S/C22H28INO3S2/c1-5-7-8-19(6-2)22(23)28(25,20-13-9-17(3)10-14-20)24-29(26,27)21-15-11-18(4)12-16-21/h9-16H,5-8H2,1-4H3/b22-19-. The van der Waals surface area contributed by atoms with Crippen molar-refractivity contribution in [2.45, 2.75) is 63.2 Å². The number of allylic oxidation sites excluding steroid dienone is 1. The molecule has 0 saturated carbocycles. The molecular weight excluding hydrogens is 517 g/mol. The van der Waals surface area contributed by atoms with Gasteiger partial charge in [0, 0.05) is 0 Å². The van der Waals surface area contributed by atoms with Crippen molar-refractivity contribution in [3.8, 4) is 0 Å². The maximum atomic E-state index is 14.2. The second-order valence-electron chi connectivity index (χ2n) is 7.04. The van der Waals surface area contributed by atoms with E-state index in [9.17, 15) is 12.6 Å². The first-order chi connectivity index (χ1) is 13.6. The van der Waals surface area contributed by atoms with Gasteiger partial charge in [0.25, 0.3) is 10.0 Å². The Morgan fingerprint density at radius 1 is 0.862 bits per heavy atom. The summed E-state index contributed by atoms with van der Waals surface area (Å²) in [5.74, 6) is 0. The minimum Gasteiger partial charge on any atom is -0.238 e. The lowest BCUT2D eigenvalue weighted by molar-refractivity contribution is 0.598. The van der Waals surface area contributed by atoms with Gasteiger partial charge in [-0.05, 0) is 85.5 Å². The van der Waals surface area contributed by atoms with Crippen LogP contribution < -0.4 is 0 Å². The molecule has 0 radical (unpaired) electrons. The minimum absolute atomic E-state index is 0.0544. The Morgan fingerprint density at radius 3 is 1.79 bits per heavy atom. The van der Waals surface area contributed by atoms with Gasteiger partial charge in [0.2, 0.25) is 0 Å². The molecule has 0 aromatic heterocycles. The molecule has 158 valence electrons. The third kappa shape index (κ3) is 5.92. The molecule has 29 heavy (non-hydrogen) atoms. The summed E-state index contributed by atoms with van der Waals surface area (Å²) in [5.41, 5.74) is 2.96. The van der Waals surface area contributed by atoms with Crippen LogP contribution in [0, 0.1) is 13.8 Å². The predicted octanol–water partition coefficient (Wildman–Crippen LogP) is 6.77. The highest BCUT2D eigenvalue weighted by Gasteiger charge is 2.25. The monoisotopic (exact) mass is 545 g/mol. The first kappa shape index (κ1) is 24.1. The molecule has 0 N–H and O–H groups in total. The van der Waals surface area contributed by atoms with E-state index in [1.54, 1.807) is 24.3 Å². The minimum atomic E-state index is -4.09. The van der Waals surface area contributed by atoms with Gasteiger partial charge in [0.15, 0.2) is 0 Å². The fraction of sp³-hybridized carbons (Fsp3) is 0.364. The van der Waals surface area contributed by atoms with Crippen molar-refractivity contribution in [1.82, 2.24) is 0 Å². The van der Waals surface area contributed by atoms with Crippen molar-refractivity contribution in [3.63, 3.8) is 0 Å². The summed E-state index contributed by atoms with van der Waals surface area (Å²) >= 11 is 2.04. The van der Waals surface area contributed by atoms with Crippen LogP contribution in [0.5, 0.6) is 0 Å². The Balaban J connectivity index is 2.78. The SMILES string of the molecule is CCCC/C(CC)=C(/I)S(=O)(=NS(=O)(=O)c1ccc(C)cc1)c1ccc(C)cc1. The lowest BCUT2D eigenvalue weighted by atomic mass is 10.1.